The predicted molar refractivity (Wildman–Crippen MR) is 65.5 cm³/mol. The summed E-state index contributed by atoms with van der Waals surface area (Å²) in [4.78, 5) is 15.4. The Hall–Kier alpha value is -2.30. The van der Waals surface area contributed by atoms with Gasteiger partial charge < -0.3 is 0 Å². The maximum absolute atomic E-state index is 11.1. The van der Waals surface area contributed by atoms with E-state index in [1.807, 2.05) is 32.0 Å². The third kappa shape index (κ3) is 2.44. The summed E-state index contributed by atoms with van der Waals surface area (Å²) in [5.41, 5.74) is 3.26. The highest BCUT2D eigenvalue weighted by atomic mass is 16.2. The van der Waals surface area contributed by atoms with E-state index in [1.165, 1.54) is 0 Å². The number of aryl methyl sites for hydroxylation is 2. The third-order valence-corrected chi connectivity index (χ3v) is 2.36. The summed E-state index contributed by atoms with van der Waals surface area (Å²) in [5, 5.41) is 9.48. The zero-order valence-corrected chi connectivity index (χ0v) is 9.69. The van der Waals surface area contributed by atoms with E-state index in [2.05, 4.69) is 27.1 Å². The molecule has 1 N–H and O–H groups in total. The van der Waals surface area contributed by atoms with Crippen molar-refractivity contribution in [2.75, 3.05) is 0 Å². The first-order valence-corrected chi connectivity index (χ1v) is 5.14. The van der Waals surface area contributed by atoms with E-state index in [1.54, 1.807) is 0 Å². The smallest absolute Gasteiger partial charge is 0.287 e. The van der Waals surface area contributed by atoms with Gasteiger partial charge in [-0.2, -0.15) is 0 Å². The van der Waals surface area contributed by atoms with Crippen LogP contribution in [-0.2, 0) is 0 Å². The Bertz CT molecular complexity index is 558. The van der Waals surface area contributed by atoms with Crippen LogP contribution in [0.1, 0.15) is 11.1 Å². The van der Waals surface area contributed by atoms with E-state index in [9.17, 15) is 4.79 Å². The molecule has 0 aliphatic carbocycles. The highest BCUT2D eigenvalue weighted by molar-refractivity contribution is 6.09. The molecule has 0 aromatic heterocycles. The molecule has 0 unspecified atom stereocenters. The van der Waals surface area contributed by atoms with Crippen LogP contribution in [0, 0.1) is 13.8 Å². The van der Waals surface area contributed by atoms with Gasteiger partial charge in [0.2, 0.25) is 0 Å². The number of nitrogens with one attached hydrogen (secondary N) is 1. The van der Waals surface area contributed by atoms with Crippen molar-refractivity contribution in [2.24, 2.45) is 15.2 Å². The average molecular weight is 228 g/mol. The van der Waals surface area contributed by atoms with Crippen LogP contribution in [0.2, 0.25) is 0 Å². The molecular weight excluding hydrogens is 216 g/mol. The SMILES string of the molecule is C=C1N=NC(=O)NC1=Nc1cc(C)ccc1C. The quantitative estimate of drug-likeness (QED) is 0.788. The summed E-state index contributed by atoms with van der Waals surface area (Å²) >= 11 is 0. The molecule has 0 fully saturated rings. The van der Waals surface area contributed by atoms with Gasteiger partial charge in [-0.3, -0.25) is 5.32 Å². The van der Waals surface area contributed by atoms with E-state index < -0.39 is 6.03 Å². The summed E-state index contributed by atoms with van der Waals surface area (Å²) < 4.78 is 0. The van der Waals surface area contributed by atoms with Gasteiger partial charge in [0.25, 0.3) is 0 Å². The largest absolute Gasteiger partial charge is 0.365 e. The number of amidine groups is 1. The van der Waals surface area contributed by atoms with Crippen molar-refractivity contribution in [3.8, 4) is 0 Å². The molecule has 5 nitrogen and oxygen atoms in total. The number of carbonyl (C=O) groups is 1. The van der Waals surface area contributed by atoms with Crippen LogP contribution < -0.4 is 5.32 Å². The van der Waals surface area contributed by atoms with Crippen LogP contribution in [0.15, 0.2) is 45.7 Å². The van der Waals surface area contributed by atoms with Crippen LogP contribution in [0.5, 0.6) is 0 Å². The van der Waals surface area contributed by atoms with Gasteiger partial charge in [-0.05, 0) is 31.0 Å². The van der Waals surface area contributed by atoms with Crippen molar-refractivity contribution in [3.05, 3.63) is 41.6 Å². The van der Waals surface area contributed by atoms with Crippen molar-refractivity contribution in [2.45, 2.75) is 13.8 Å². The molecule has 0 saturated carbocycles. The zero-order chi connectivity index (χ0) is 12.4. The number of carbonyl (C=O) groups excluding carboxylic acids is 1. The minimum Gasteiger partial charge on any atom is -0.287 e. The molecule has 0 spiro atoms. The second-order valence-electron chi connectivity index (χ2n) is 3.83. The van der Waals surface area contributed by atoms with Gasteiger partial charge in [0.1, 0.15) is 5.70 Å². The number of benzene rings is 1. The van der Waals surface area contributed by atoms with Crippen LogP contribution in [0.25, 0.3) is 0 Å². The van der Waals surface area contributed by atoms with E-state index in [0.29, 0.717) is 11.5 Å². The first-order chi connectivity index (χ1) is 8.06. The number of amides is 2. The van der Waals surface area contributed by atoms with Crippen molar-refractivity contribution in [1.82, 2.24) is 5.32 Å². The van der Waals surface area contributed by atoms with Crippen LogP contribution in [0.4, 0.5) is 10.5 Å². The summed E-state index contributed by atoms with van der Waals surface area (Å²) in [5.74, 6) is 0.346. The van der Waals surface area contributed by atoms with Gasteiger partial charge in [0, 0.05) is 0 Å². The van der Waals surface area contributed by atoms with Crippen LogP contribution >= 0.6 is 0 Å². The molecule has 5 heteroatoms. The molecule has 0 radical (unpaired) electrons. The monoisotopic (exact) mass is 228 g/mol. The highest BCUT2D eigenvalue weighted by Gasteiger charge is 2.14. The lowest BCUT2D eigenvalue weighted by molar-refractivity contribution is 0.251. The minimum absolute atomic E-state index is 0.346. The Morgan fingerprint density at radius 2 is 2.06 bits per heavy atom. The summed E-state index contributed by atoms with van der Waals surface area (Å²) in [6.07, 6.45) is 0. The Labute approximate surface area is 99.0 Å². The van der Waals surface area contributed by atoms with Gasteiger partial charge in [0.05, 0.1) is 5.69 Å². The second-order valence-corrected chi connectivity index (χ2v) is 3.83. The fourth-order valence-electron chi connectivity index (χ4n) is 1.40. The number of urea groups is 1. The Balaban J connectivity index is 2.42. The first kappa shape index (κ1) is 11.2. The molecule has 2 rings (SSSR count). The lowest BCUT2D eigenvalue weighted by Crippen LogP contribution is -2.31. The number of rotatable bonds is 1. The normalized spacial score (nSPS) is 17.4. The van der Waals surface area contributed by atoms with Gasteiger partial charge >= 0.3 is 6.03 Å². The number of hydrogen-bond donors (Lipinski definition) is 1. The highest BCUT2D eigenvalue weighted by Crippen LogP contribution is 2.21. The fourth-order valence-corrected chi connectivity index (χ4v) is 1.40. The standard InChI is InChI=1S/C12H12N4O/c1-7-4-5-8(2)10(6-7)13-11-9(3)15-16-12(17)14-11/h4-6H,3H2,1-2H3,(H,13,14,17). The van der Waals surface area contributed by atoms with E-state index >= 15 is 0 Å². The van der Waals surface area contributed by atoms with Gasteiger partial charge in [0.15, 0.2) is 5.84 Å². The molecule has 86 valence electrons. The molecule has 1 heterocycles. The van der Waals surface area contributed by atoms with Crippen molar-refractivity contribution in [3.63, 3.8) is 0 Å². The molecule has 1 aliphatic heterocycles. The number of nitrogens with zero attached hydrogens (tertiary/aromatic N) is 3. The van der Waals surface area contributed by atoms with Crippen molar-refractivity contribution in [1.29, 1.82) is 0 Å². The predicted octanol–water partition coefficient (Wildman–Crippen LogP) is 3.02. The number of azo groups is 1. The maximum Gasteiger partial charge on any atom is 0.365 e. The van der Waals surface area contributed by atoms with Crippen LogP contribution in [0.3, 0.4) is 0 Å². The maximum atomic E-state index is 11.1. The Morgan fingerprint density at radius 3 is 2.82 bits per heavy atom. The third-order valence-electron chi connectivity index (χ3n) is 2.36. The number of hydrogen-bond acceptors (Lipinski definition) is 3. The number of aliphatic imine (C=N–C) groups is 1. The summed E-state index contributed by atoms with van der Waals surface area (Å²) in [6, 6.07) is 5.39. The first-order valence-electron chi connectivity index (χ1n) is 5.14. The lowest BCUT2D eigenvalue weighted by Gasteiger charge is -2.10. The van der Waals surface area contributed by atoms with Crippen LogP contribution in [-0.4, -0.2) is 11.9 Å². The Morgan fingerprint density at radius 1 is 1.29 bits per heavy atom. The molecule has 1 aliphatic rings. The fraction of sp³-hybridized carbons (Fsp3) is 0.167. The topological polar surface area (TPSA) is 66.2 Å². The molecule has 2 amide bonds. The molecular formula is C12H12N4O. The molecule has 0 bridgehead atoms. The molecule has 1 aromatic rings. The van der Waals surface area contributed by atoms with E-state index in [0.717, 1.165) is 16.8 Å². The van der Waals surface area contributed by atoms with Crippen molar-refractivity contribution < 1.29 is 4.79 Å². The molecule has 1 aromatic carbocycles. The minimum atomic E-state index is -0.526. The molecule has 17 heavy (non-hydrogen) atoms. The molecule has 0 atom stereocenters. The summed E-state index contributed by atoms with van der Waals surface area (Å²) in [6.45, 7) is 7.61. The van der Waals surface area contributed by atoms with Crippen molar-refractivity contribution >= 4 is 17.6 Å². The molecule has 0 saturated heterocycles. The second kappa shape index (κ2) is 4.29. The average Bonchev–Trinajstić information content (AvgIpc) is 2.28. The van der Waals surface area contributed by atoms with E-state index in [4.69, 9.17) is 0 Å². The van der Waals surface area contributed by atoms with E-state index in [-0.39, 0.29) is 0 Å². The van der Waals surface area contributed by atoms with Gasteiger partial charge in [-0.15, -0.1) is 5.11 Å². The van der Waals surface area contributed by atoms with Gasteiger partial charge in [-0.25, -0.2) is 9.79 Å². The Kier molecular flexibility index (Phi) is 2.82. The zero-order valence-electron chi connectivity index (χ0n) is 9.69. The lowest BCUT2D eigenvalue weighted by atomic mass is 10.1. The van der Waals surface area contributed by atoms with Gasteiger partial charge in [-0.1, -0.05) is 23.8 Å². The summed E-state index contributed by atoms with van der Waals surface area (Å²) in [7, 11) is 0.